The van der Waals surface area contributed by atoms with Crippen LogP contribution in [-0.2, 0) is 14.2 Å². The normalized spacial score (nSPS) is 40.0. The van der Waals surface area contributed by atoms with Gasteiger partial charge in [0.2, 0.25) is 0 Å². The largest absolute Gasteiger partial charge is 0.432 e. The Morgan fingerprint density at radius 3 is 2.37 bits per heavy atom. The highest BCUT2D eigenvalue weighted by atomic mass is 28.4. The summed E-state index contributed by atoms with van der Waals surface area (Å²) in [4.78, 5) is 10.8. The zero-order valence-corrected chi connectivity index (χ0v) is 20.2. The highest BCUT2D eigenvalue weighted by Gasteiger charge is 2.71. The highest BCUT2D eigenvalue weighted by molar-refractivity contribution is 6.72. The van der Waals surface area contributed by atoms with Crippen LogP contribution in [0.4, 0.5) is 13.2 Å². The molecule has 8 heteroatoms. The molecule has 0 amide bonds. The third-order valence-corrected chi connectivity index (χ3v) is 11.7. The van der Waals surface area contributed by atoms with Crippen LogP contribution in [0.25, 0.3) is 0 Å². The van der Waals surface area contributed by atoms with Crippen molar-refractivity contribution in [2.24, 2.45) is 11.8 Å². The number of ether oxygens (including phenoxy) is 3. The molecule has 30 heavy (non-hydrogen) atoms. The molecular weight excluding hydrogens is 413 g/mol. The average molecular weight is 451 g/mol. The van der Waals surface area contributed by atoms with E-state index in [1.807, 2.05) is 20.0 Å². The molecule has 0 aromatic heterocycles. The molecule has 1 N–H and O–H groups in total. The van der Waals surface area contributed by atoms with Crippen LogP contribution in [-0.4, -0.2) is 56.4 Å². The lowest BCUT2D eigenvalue weighted by atomic mass is 9.64. The first-order valence-electron chi connectivity index (χ1n) is 10.9. The van der Waals surface area contributed by atoms with E-state index in [1.165, 1.54) is 6.08 Å². The fourth-order valence-electron chi connectivity index (χ4n) is 5.27. The van der Waals surface area contributed by atoms with Crippen LogP contribution in [0.5, 0.6) is 0 Å². The van der Waals surface area contributed by atoms with Gasteiger partial charge in [-0.25, -0.2) is 0 Å². The van der Waals surface area contributed by atoms with Crippen molar-refractivity contribution in [1.29, 1.82) is 0 Å². The Labute approximate surface area is 179 Å². The molecule has 2 heterocycles. The van der Waals surface area contributed by atoms with E-state index < -0.39 is 25.7 Å². The van der Waals surface area contributed by atoms with Gasteiger partial charge in [-0.1, -0.05) is 19.9 Å². The van der Waals surface area contributed by atoms with Crippen LogP contribution in [0, 0.1) is 11.8 Å². The third-order valence-electron chi connectivity index (χ3n) is 8.20. The van der Waals surface area contributed by atoms with Gasteiger partial charge in [0.25, 0.3) is 0 Å². The van der Waals surface area contributed by atoms with E-state index >= 15 is 0 Å². The minimum atomic E-state index is -4.30. The van der Waals surface area contributed by atoms with E-state index in [4.69, 9.17) is 14.2 Å². The number of hydrogen-bond acceptors (Lipinski definition) is 4. The second-order valence-electron chi connectivity index (χ2n) is 10.9. The minimum absolute atomic E-state index is 0.0300. The summed E-state index contributed by atoms with van der Waals surface area (Å²) >= 11 is 0. The zero-order chi connectivity index (χ0) is 22.8. The Morgan fingerprint density at radius 1 is 1.30 bits per heavy atom. The quantitative estimate of drug-likeness (QED) is 0.328. The first-order chi connectivity index (χ1) is 13.6. The lowest BCUT2D eigenvalue weighted by Gasteiger charge is -2.47. The van der Waals surface area contributed by atoms with Gasteiger partial charge < -0.3 is 19.0 Å². The van der Waals surface area contributed by atoms with Crippen LogP contribution in [0.15, 0.2) is 11.6 Å². The molecule has 3 fully saturated rings. The molecule has 0 aromatic carbocycles. The topological polar surface area (TPSA) is 54.5 Å². The summed E-state index contributed by atoms with van der Waals surface area (Å²) in [5, 5.41) is -0.175. The fraction of sp³-hybridized carbons (Fsp3) is 0.909. The number of methoxy groups -OCH3 is 1. The van der Waals surface area contributed by atoms with Crippen LogP contribution in [0.1, 0.15) is 53.4 Å². The molecule has 1 unspecified atom stereocenters. The minimum Gasteiger partial charge on any atom is -0.432 e. The number of alkyl halides is 3. The van der Waals surface area contributed by atoms with Crippen molar-refractivity contribution >= 4 is 8.32 Å². The van der Waals surface area contributed by atoms with Crippen molar-refractivity contribution in [3.05, 3.63) is 11.6 Å². The number of hydrogen-bond donors (Lipinski definition) is 1. The van der Waals surface area contributed by atoms with Gasteiger partial charge in [0.05, 0.1) is 24.4 Å². The summed E-state index contributed by atoms with van der Waals surface area (Å²) in [5.74, 6) is 0.218. The summed E-state index contributed by atoms with van der Waals surface area (Å²) in [7, 11) is -0.669. The lowest BCUT2D eigenvalue weighted by molar-refractivity contribution is -0.0917. The molecule has 3 aliphatic rings. The van der Waals surface area contributed by atoms with Gasteiger partial charge in [0.1, 0.15) is 5.60 Å². The van der Waals surface area contributed by atoms with Gasteiger partial charge in [-0.15, -0.1) is 0 Å². The van der Waals surface area contributed by atoms with E-state index in [0.717, 1.165) is 26.2 Å². The predicted molar refractivity (Wildman–Crippen MR) is 112 cm³/mol. The zero-order valence-electron chi connectivity index (χ0n) is 19.2. The maximum Gasteiger partial charge on any atom is 0.412 e. The van der Waals surface area contributed by atoms with Gasteiger partial charge in [0.15, 0.2) is 8.32 Å². The third kappa shape index (κ3) is 4.40. The van der Waals surface area contributed by atoms with E-state index in [1.54, 1.807) is 7.11 Å². The molecule has 0 aromatic rings. The van der Waals surface area contributed by atoms with E-state index in [0.29, 0.717) is 6.61 Å². The number of halogens is 3. The number of allylic oxidation sites excluding steroid dienone is 1. The lowest BCUT2D eigenvalue weighted by Crippen LogP contribution is -2.54. The fourth-order valence-corrected chi connectivity index (χ4v) is 6.03. The summed E-state index contributed by atoms with van der Waals surface area (Å²) in [5.41, 5.74) is -1.44. The van der Waals surface area contributed by atoms with Crippen molar-refractivity contribution in [2.45, 2.75) is 101 Å². The first kappa shape index (κ1) is 24.2. The molecule has 2 saturated heterocycles. The Bertz CT molecular complexity index is 681. The number of rotatable bonds is 7. The Kier molecular flexibility index (Phi) is 6.12. The number of epoxide rings is 2. The van der Waals surface area contributed by atoms with Crippen molar-refractivity contribution < 1.29 is 32.2 Å². The molecule has 4 nitrogen and oxygen atoms in total. The standard InChI is InChI=1S/C22H37F3O4Si/c1-14(22(23,24)25)8-9-16-20(4,29-16)18-17(27-5)15(10-11-21(18)13-28-21)12-19(2,3)30(6,7)26/h8,15-18,26H,9-13H2,1-7H3/b14-8-/t15-,16+,17+,18+,20?,21-/m0/s1. The average Bonchev–Trinajstić information content (AvgIpc) is 3.50. The Morgan fingerprint density at radius 2 is 1.90 bits per heavy atom. The van der Waals surface area contributed by atoms with Gasteiger partial charge in [-0.3, -0.25) is 0 Å². The molecule has 0 bridgehead atoms. The molecule has 0 radical (unpaired) electrons. The molecule has 3 rings (SSSR count). The summed E-state index contributed by atoms with van der Waals surface area (Å²) < 4.78 is 56.6. The summed E-state index contributed by atoms with van der Waals surface area (Å²) in [6.45, 7) is 11.9. The predicted octanol–water partition coefficient (Wildman–Crippen LogP) is 5.22. The van der Waals surface area contributed by atoms with Crippen LogP contribution in [0.2, 0.25) is 18.1 Å². The van der Waals surface area contributed by atoms with Crippen LogP contribution in [0.3, 0.4) is 0 Å². The molecule has 6 atom stereocenters. The van der Waals surface area contributed by atoms with E-state index in [9.17, 15) is 18.0 Å². The molecule has 2 aliphatic heterocycles. The van der Waals surface area contributed by atoms with Gasteiger partial charge in [-0.2, -0.15) is 13.2 Å². The summed E-state index contributed by atoms with van der Waals surface area (Å²) in [6, 6.07) is 0. The van der Waals surface area contributed by atoms with Crippen molar-refractivity contribution in [1.82, 2.24) is 0 Å². The van der Waals surface area contributed by atoms with Gasteiger partial charge in [0, 0.05) is 18.6 Å². The maximum absolute atomic E-state index is 12.9. The van der Waals surface area contributed by atoms with E-state index in [-0.39, 0.29) is 41.1 Å². The first-order valence-corrected chi connectivity index (χ1v) is 13.8. The molecular formula is C22H37F3O4Si. The monoisotopic (exact) mass is 450 g/mol. The maximum atomic E-state index is 12.9. The van der Waals surface area contributed by atoms with Crippen molar-refractivity contribution in [3.8, 4) is 0 Å². The van der Waals surface area contributed by atoms with Gasteiger partial charge in [-0.05, 0) is 63.6 Å². The van der Waals surface area contributed by atoms with E-state index in [2.05, 4.69) is 13.8 Å². The van der Waals surface area contributed by atoms with Crippen LogP contribution >= 0.6 is 0 Å². The Hall–Kier alpha value is -0.413. The second-order valence-corrected chi connectivity index (χ2v) is 15.4. The highest BCUT2D eigenvalue weighted by Crippen LogP contribution is 2.61. The molecule has 1 saturated carbocycles. The molecule has 1 aliphatic carbocycles. The summed E-state index contributed by atoms with van der Waals surface area (Å²) in [6.07, 6.45) is -0.510. The molecule has 174 valence electrons. The molecule has 1 spiro atoms. The SMILES string of the molecule is CO[C@@H]1[C@H](CC(C)(C)[Si](C)(C)O)CC[C@]2(CO2)[C@H]1C1(C)O[C@@H]1C/C=C(/C)C(F)(F)F. The smallest absolute Gasteiger partial charge is 0.412 e. The van der Waals surface area contributed by atoms with Crippen molar-refractivity contribution in [3.63, 3.8) is 0 Å². The van der Waals surface area contributed by atoms with Crippen LogP contribution < -0.4 is 0 Å². The van der Waals surface area contributed by atoms with Gasteiger partial charge >= 0.3 is 6.18 Å². The Balaban J connectivity index is 1.79. The second kappa shape index (κ2) is 7.58. The van der Waals surface area contributed by atoms with Crippen molar-refractivity contribution in [2.75, 3.05) is 13.7 Å².